The van der Waals surface area contributed by atoms with E-state index in [9.17, 15) is 4.79 Å². The fraction of sp³-hybridized carbons (Fsp3) is 0.125. The van der Waals surface area contributed by atoms with Gasteiger partial charge in [0.05, 0.1) is 12.8 Å². The first-order valence-electron chi connectivity index (χ1n) is 5.99. The van der Waals surface area contributed by atoms with Crippen LogP contribution in [-0.2, 0) is 4.79 Å². The van der Waals surface area contributed by atoms with Gasteiger partial charge in [0.15, 0.2) is 5.78 Å². The van der Waals surface area contributed by atoms with Crippen LogP contribution < -0.4 is 4.74 Å². The Morgan fingerprint density at radius 2 is 1.89 bits per heavy atom. The van der Waals surface area contributed by atoms with Gasteiger partial charge in [0.1, 0.15) is 5.75 Å². The first kappa shape index (κ1) is 13.0. The van der Waals surface area contributed by atoms with Crippen molar-refractivity contribution in [1.29, 1.82) is 0 Å². The van der Waals surface area contributed by atoms with Crippen LogP contribution in [0, 0.1) is 0 Å². The van der Waals surface area contributed by atoms with E-state index in [4.69, 9.17) is 4.74 Å². The topological polar surface area (TPSA) is 39.2 Å². The number of carbonyl (C=O) groups excluding carboxylic acids is 1. The number of carbonyl (C=O) groups is 1. The summed E-state index contributed by atoms with van der Waals surface area (Å²) in [5.74, 6) is 0.786. The molecule has 0 atom stereocenters. The molecule has 3 nitrogen and oxygen atoms in total. The number of Topliss-reactive ketones (excluding diaryl/α,β-unsaturated/α-hetero) is 1. The Kier molecular flexibility index (Phi) is 4.08. The molecule has 0 unspecified atom stereocenters. The van der Waals surface area contributed by atoms with Crippen LogP contribution in [0.2, 0.25) is 0 Å². The summed E-state index contributed by atoms with van der Waals surface area (Å²) in [7, 11) is 1.62. The van der Waals surface area contributed by atoms with Crippen LogP contribution in [0.15, 0.2) is 48.7 Å². The molecule has 0 fully saturated rings. The number of nitrogens with zero attached hydrogens (tertiary/aromatic N) is 1. The number of benzene rings is 1. The van der Waals surface area contributed by atoms with Gasteiger partial charge in [-0.25, -0.2) is 0 Å². The van der Waals surface area contributed by atoms with Crippen LogP contribution >= 0.6 is 0 Å². The number of ether oxygens (including phenoxy) is 1. The monoisotopic (exact) mass is 253 g/mol. The van der Waals surface area contributed by atoms with Crippen molar-refractivity contribution in [2.24, 2.45) is 0 Å². The van der Waals surface area contributed by atoms with Gasteiger partial charge in [-0.05, 0) is 42.8 Å². The molecule has 0 spiro atoms. The van der Waals surface area contributed by atoms with Crippen LogP contribution in [0.4, 0.5) is 0 Å². The van der Waals surface area contributed by atoms with E-state index in [1.807, 2.05) is 48.5 Å². The lowest BCUT2D eigenvalue weighted by Gasteiger charge is -2.04. The minimum Gasteiger partial charge on any atom is -0.497 e. The number of hydrogen-bond acceptors (Lipinski definition) is 3. The highest BCUT2D eigenvalue weighted by Crippen LogP contribution is 2.19. The van der Waals surface area contributed by atoms with E-state index in [0.717, 1.165) is 11.3 Å². The predicted molar refractivity (Wildman–Crippen MR) is 75.8 cm³/mol. The molecular weight excluding hydrogens is 238 g/mol. The van der Waals surface area contributed by atoms with E-state index in [2.05, 4.69) is 4.98 Å². The van der Waals surface area contributed by atoms with Crippen molar-refractivity contribution in [1.82, 2.24) is 4.98 Å². The average molecular weight is 253 g/mol. The molecule has 3 heteroatoms. The molecule has 96 valence electrons. The zero-order valence-corrected chi connectivity index (χ0v) is 11.0. The third-order valence-corrected chi connectivity index (χ3v) is 2.75. The molecule has 0 aliphatic carbocycles. The van der Waals surface area contributed by atoms with Crippen LogP contribution in [-0.4, -0.2) is 17.9 Å². The van der Waals surface area contributed by atoms with Crippen molar-refractivity contribution in [3.05, 3.63) is 59.9 Å². The first-order chi connectivity index (χ1) is 9.20. The normalized spacial score (nSPS) is 11.2. The van der Waals surface area contributed by atoms with Gasteiger partial charge < -0.3 is 4.74 Å². The summed E-state index contributed by atoms with van der Waals surface area (Å²) in [4.78, 5) is 16.0. The number of pyridine rings is 1. The fourth-order valence-corrected chi connectivity index (χ4v) is 1.74. The number of methoxy groups -OCH3 is 1. The van der Waals surface area contributed by atoms with Crippen molar-refractivity contribution >= 4 is 17.4 Å². The second-order valence-corrected chi connectivity index (χ2v) is 4.10. The van der Waals surface area contributed by atoms with E-state index in [1.54, 1.807) is 20.2 Å². The highest BCUT2D eigenvalue weighted by atomic mass is 16.5. The lowest BCUT2D eigenvalue weighted by molar-refractivity contribution is -0.111. The molecule has 0 aliphatic heterocycles. The molecule has 0 radical (unpaired) electrons. The molecule has 1 heterocycles. The molecule has 2 rings (SSSR count). The second-order valence-electron chi connectivity index (χ2n) is 4.10. The van der Waals surface area contributed by atoms with Crippen molar-refractivity contribution in [2.45, 2.75) is 6.92 Å². The Bertz CT molecular complexity index is 586. The van der Waals surface area contributed by atoms with E-state index >= 15 is 0 Å². The maximum absolute atomic E-state index is 11.7. The summed E-state index contributed by atoms with van der Waals surface area (Å²) < 4.78 is 5.11. The number of hydrogen-bond donors (Lipinski definition) is 0. The number of aromatic nitrogens is 1. The second kappa shape index (κ2) is 5.96. The van der Waals surface area contributed by atoms with Crippen LogP contribution in [0.1, 0.15) is 18.2 Å². The molecule has 2 aromatic rings. The molecule has 0 aliphatic rings. The highest BCUT2D eigenvalue weighted by molar-refractivity contribution is 6.23. The molecule has 0 saturated carbocycles. The fourth-order valence-electron chi connectivity index (χ4n) is 1.74. The Morgan fingerprint density at radius 1 is 1.16 bits per heavy atom. The Balaban J connectivity index is 2.38. The maximum Gasteiger partial charge on any atom is 0.161 e. The summed E-state index contributed by atoms with van der Waals surface area (Å²) in [5, 5.41) is 0. The minimum absolute atomic E-state index is 0.00508. The van der Waals surface area contributed by atoms with Crippen molar-refractivity contribution < 1.29 is 9.53 Å². The van der Waals surface area contributed by atoms with Gasteiger partial charge in [0, 0.05) is 11.8 Å². The Hall–Kier alpha value is -2.42. The number of rotatable bonds is 4. The molecule has 1 aromatic carbocycles. The van der Waals surface area contributed by atoms with Gasteiger partial charge >= 0.3 is 0 Å². The molecule has 0 N–H and O–H groups in total. The van der Waals surface area contributed by atoms with Crippen LogP contribution in [0.5, 0.6) is 5.75 Å². The van der Waals surface area contributed by atoms with E-state index in [1.165, 1.54) is 0 Å². The molecule has 1 aromatic heterocycles. The van der Waals surface area contributed by atoms with Crippen LogP contribution in [0.3, 0.4) is 0 Å². The summed E-state index contributed by atoms with van der Waals surface area (Å²) in [6.07, 6.45) is 3.52. The number of ketones is 1. The van der Waals surface area contributed by atoms with Crippen LogP contribution in [0.25, 0.3) is 11.6 Å². The average Bonchev–Trinajstić information content (AvgIpc) is 2.46. The van der Waals surface area contributed by atoms with Gasteiger partial charge in [-0.1, -0.05) is 18.2 Å². The Morgan fingerprint density at radius 3 is 2.42 bits per heavy atom. The Labute approximate surface area is 112 Å². The van der Waals surface area contributed by atoms with Gasteiger partial charge in [-0.3, -0.25) is 9.78 Å². The van der Waals surface area contributed by atoms with E-state index in [0.29, 0.717) is 11.3 Å². The van der Waals surface area contributed by atoms with Crippen molar-refractivity contribution in [2.75, 3.05) is 7.11 Å². The summed E-state index contributed by atoms with van der Waals surface area (Å²) in [6, 6.07) is 13.1. The molecule has 0 amide bonds. The molecule has 0 bridgehead atoms. The standard InChI is InChI=1S/C16H15NO2/c1-12(18)15(16-5-3-4-10-17-16)11-13-6-8-14(19-2)9-7-13/h3-11H,1-2H3/b15-11-. The van der Waals surface area contributed by atoms with Crippen molar-refractivity contribution in [3.63, 3.8) is 0 Å². The lowest BCUT2D eigenvalue weighted by atomic mass is 10.0. The SMILES string of the molecule is COc1ccc(/C=C(/C(C)=O)c2ccccn2)cc1. The zero-order valence-electron chi connectivity index (χ0n) is 11.0. The predicted octanol–water partition coefficient (Wildman–Crippen LogP) is 3.22. The van der Waals surface area contributed by atoms with E-state index in [-0.39, 0.29) is 5.78 Å². The maximum atomic E-state index is 11.7. The molecule has 0 saturated heterocycles. The summed E-state index contributed by atoms with van der Waals surface area (Å²) in [5.41, 5.74) is 2.23. The van der Waals surface area contributed by atoms with Gasteiger partial charge in [-0.15, -0.1) is 0 Å². The molecular formula is C16H15NO2. The smallest absolute Gasteiger partial charge is 0.161 e. The van der Waals surface area contributed by atoms with Gasteiger partial charge in [0.25, 0.3) is 0 Å². The third kappa shape index (κ3) is 3.28. The zero-order chi connectivity index (χ0) is 13.7. The van der Waals surface area contributed by atoms with Gasteiger partial charge in [-0.2, -0.15) is 0 Å². The molecule has 19 heavy (non-hydrogen) atoms. The lowest BCUT2D eigenvalue weighted by Crippen LogP contribution is -1.98. The summed E-state index contributed by atoms with van der Waals surface area (Å²) in [6.45, 7) is 1.55. The quantitative estimate of drug-likeness (QED) is 0.785. The third-order valence-electron chi connectivity index (χ3n) is 2.75. The van der Waals surface area contributed by atoms with E-state index < -0.39 is 0 Å². The summed E-state index contributed by atoms with van der Waals surface area (Å²) >= 11 is 0. The minimum atomic E-state index is -0.00508. The highest BCUT2D eigenvalue weighted by Gasteiger charge is 2.08. The largest absolute Gasteiger partial charge is 0.497 e. The number of allylic oxidation sites excluding steroid dienone is 1. The van der Waals surface area contributed by atoms with Crippen molar-refractivity contribution in [3.8, 4) is 5.75 Å². The van der Waals surface area contributed by atoms with Gasteiger partial charge in [0.2, 0.25) is 0 Å². The first-order valence-corrected chi connectivity index (χ1v) is 5.99.